The van der Waals surface area contributed by atoms with Gasteiger partial charge < -0.3 is 14.7 Å². The molecule has 1 heterocycles. The number of carbonyl (C=O) groups is 2. The number of benzene rings is 2. The predicted molar refractivity (Wildman–Crippen MR) is 124 cm³/mol. The minimum atomic E-state index is -0.832. The minimum absolute atomic E-state index is 0.0459. The fraction of sp³-hybridized carbons (Fsp3) is 0.360. The second kappa shape index (κ2) is 9.95. The molecule has 0 aliphatic carbocycles. The lowest BCUT2D eigenvalue weighted by Crippen LogP contribution is -2.33. The maximum atomic E-state index is 13.0. The number of ether oxygens (including phenoxy) is 1. The van der Waals surface area contributed by atoms with Crippen molar-refractivity contribution in [3.63, 3.8) is 0 Å². The molecule has 3 rings (SSSR count). The van der Waals surface area contributed by atoms with Crippen molar-refractivity contribution in [3.8, 4) is 0 Å². The molecule has 174 valence electrons. The van der Waals surface area contributed by atoms with E-state index < -0.39 is 28.4 Å². The van der Waals surface area contributed by atoms with Crippen LogP contribution in [-0.2, 0) is 14.3 Å². The van der Waals surface area contributed by atoms with E-state index in [-0.39, 0.29) is 36.1 Å². The molecular formula is C25H28N2O6. The number of hydrogen-bond acceptors (Lipinski definition) is 6. The number of non-ortho nitro benzene ring substituents is 1. The van der Waals surface area contributed by atoms with Crippen LogP contribution < -0.4 is 0 Å². The summed E-state index contributed by atoms with van der Waals surface area (Å²) in [6.45, 7) is 8.25. The van der Waals surface area contributed by atoms with E-state index in [9.17, 15) is 24.8 Å². The number of nitrogens with zero attached hydrogens (tertiary/aromatic N) is 2. The molecule has 1 amide bonds. The van der Waals surface area contributed by atoms with Crippen molar-refractivity contribution in [1.29, 1.82) is 0 Å². The minimum Gasteiger partial charge on any atom is -0.507 e. The quantitative estimate of drug-likeness (QED) is 0.207. The number of nitro benzene ring substituents is 1. The molecule has 0 aromatic heterocycles. The van der Waals surface area contributed by atoms with Crippen molar-refractivity contribution in [2.75, 3.05) is 13.2 Å². The molecule has 1 N–H and O–H groups in total. The third-order valence-electron chi connectivity index (χ3n) is 5.57. The second-order valence-electron chi connectivity index (χ2n) is 8.54. The highest BCUT2D eigenvalue weighted by molar-refractivity contribution is 6.46. The van der Waals surface area contributed by atoms with Gasteiger partial charge in [0.25, 0.3) is 17.4 Å². The number of aliphatic hydroxyl groups excluding tert-OH is 1. The fourth-order valence-corrected chi connectivity index (χ4v) is 3.83. The molecule has 1 unspecified atom stereocenters. The van der Waals surface area contributed by atoms with Gasteiger partial charge in [-0.2, -0.15) is 0 Å². The highest BCUT2D eigenvalue weighted by Crippen LogP contribution is 2.40. The van der Waals surface area contributed by atoms with Gasteiger partial charge in [-0.1, -0.05) is 50.2 Å². The van der Waals surface area contributed by atoms with Gasteiger partial charge in [0, 0.05) is 24.2 Å². The number of hydrogen-bond donors (Lipinski definition) is 1. The Morgan fingerprint density at radius 3 is 2.36 bits per heavy atom. The van der Waals surface area contributed by atoms with Crippen molar-refractivity contribution in [3.05, 3.63) is 80.9 Å². The van der Waals surface area contributed by atoms with Crippen LogP contribution in [0, 0.1) is 10.1 Å². The molecule has 33 heavy (non-hydrogen) atoms. The molecule has 0 spiro atoms. The van der Waals surface area contributed by atoms with Gasteiger partial charge in [-0.15, -0.1) is 0 Å². The van der Waals surface area contributed by atoms with Gasteiger partial charge in [0.2, 0.25) is 0 Å². The number of carbonyl (C=O) groups excluding carboxylic acids is 2. The van der Waals surface area contributed by atoms with Crippen molar-refractivity contribution >= 4 is 23.1 Å². The van der Waals surface area contributed by atoms with Crippen LogP contribution in [0.1, 0.15) is 56.3 Å². The summed E-state index contributed by atoms with van der Waals surface area (Å²) in [5, 5.41) is 22.2. The average molecular weight is 453 g/mol. The van der Waals surface area contributed by atoms with Crippen LogP contribution in [0.4, 0.5) is 5.69 Å². The summed E-state index contributed by atoms with van der Waals surface area (Å²) < 4.78 is 5.59. The first-order valence-corrected chi connectivity index (χ1v) is 10.9. The van der Waals surface area contributed by atoms with Crippen molar-refractivity contribution in [1.82, 2.24) is 4.90 Å². The first-order chi connectivity index (χ1) is 15.6. The molecule has 8 nitrogen and oxygen atoms in total. The standard InChI is InChI=1S/C25H28N2O6/c1-15(2)17-8-10-18(11-9-17)22-21(23(28)19-6-5-7-20(14-19)27(31)32)24(29)25(30)26(22)12-13-33-16(3)4/h5-11,14-16,22,28H,12-13H2,1-4H3/b23-21-. The molecular weight excluding hydrogens is 424 g/mol. The monoisotopic (exact) mass is 452 g/mol. The summed E-state index contributed by atoms with van der Waals surface area (Å²) in [5.41, 5.74) is 1.54. The molecule has 1 fully saturated rings. The molecule has 8 heteroatoms. The normalized spacial score (nSPS) is 17.9. The Balaban J connectivity index is 2.11. The highest BCUT2D eigenvalue weighted by Gasteiger charge is 2.46. The maximum Gasteiger partial charge on any atom is 0.295 e. The average Bonchev–Trinajstić information content (AvgIpc) is 3.03. The Hall–Kier alpha value is -3.52. The Labute approximate surface area is 192 Å². The van der Waals surface area contributed by atoms with E-state index >= 15 is 0 Å². The zero-order valence-electron chi connectivity index (χ0n) is 19.1. The number of amides is 1. The van der Waals surface area contributed by atoms with Crippen LogP contribution in [0.2, 0.25) is 0 Å². The van der Waals surface area contributed by atoms with Gasteiger partial charge >= 0.3 is 0 Å². The van der Waals surface area contributed by atoms with Gasteiger partial charge in [0.15, 0.2) is 0 Å². The fourth-order valence-electron chi connectivity index (χ4n) is 3.83. The largest absolute Gasteiger partial charge is 0.507 e. The van der Waals surface area contributed by atoms with Crippen molar-refractivity contribution in [2.24, 2.45) is 0 Å². The van der Waals surface area contributed by atoms with Gasteiger partial charge in [-0.3, -0.25) is 19.7 Å². The van der Waals surface area contributed by atoms with Crippen molar-refractivity contribution in [2.45, 2.75) is 45.8 Å². The SMILES string of the molecule is CC(C)OCCN1C(=O)C(=O)/C(=C(\O)c2cccc([N+](=O)[O-])c2)C1c1ccc(C(C)C)cc1. The summed E-state index contributed by atoms with van der Waals surface area (Å²) in [4.78, 5) is 37.9. The van der Waals surface area contributed by atoms with Gasteiger partial charge in [-0.25, -0.2) is 0 Å². The first kappa shape index (κ1) is 24.1. The lowest BCUT2D eigenvalue weighted by atomic mass is 9.93. The molecule has 2 aromatic rings. The molecule has 0 saturated carbocycles. The Morgan fingerprint density at radius 1 is 1.12 bits per heavy atom. The van der Waals surface area contributed by atoms with Crippen LogP contribution in [0.5, 0.6) is 0 Å². The zero-order valence-corrected chi connectivity index (χ0v) is 19.1. The number of aliphatic hydroxyl groups is 1. The van der Waals surface area contributed by atoms with Gasteiger partial charge in [0.1, 0.15) is 5.76 Å². The Kier molecular flexibility index (Phi) is 7.28. The van der Waals surface area contributed by atoms with E-state index in [1.165, 1.54) is 29.2 Å². The van der Waals surface area contributed by atoms with E-state index in [0.717, 1.165) is 5.56 Å². The van der Waals surface area contributed by atoms with Gasteiger partial charge in [0.05, 0.1) is 29.2 Å². The smallest absolute Gasteiger partial charge is 0.295 e. The molecule has 0 bridgehead atoms. The number of nitro groups is 1. The van der Waals surface area contributed by atoms with Gasteiger partial charge in [-0.05, 0) is 30.9 Å². The molecule has 2 aromatic carbocycles. The zero-order chi connectivity index (χ0) is 24.3. The molecule has 1 aliphatic heterocycles. The lowest BCUT2D eigenvalue weighted by molar-refractivity contribution is -0.384. The predicted octanol–water partition coefficient (Wildman–Crippen LogP) is 4.56. The summed E-state index contributed by atoms with van der Waals surface area (Å²) in [7, 11) is 0. The van der Waals surface area contributed by atoms with E-state index in [0.29, 0.717) is 11.5 Å². The van der Waals surface area contributed by atoms with E-state index in [2.05, 4.69) is 13.8 Å². The number of ketones is 1. The highest BCUT2D eigenvalue weighted by atomic mass is 16.6. The second-order valence-corrected chi connectivity index (χ2v) is 8.54. The molecule has 1 aliphatic rings. The number of rotatable bonds is 8. The molecule has 1 atom stereocenters. The third kappa shape index (κ3) is 5.12. The number of Topliss-reactive ketones (excluding diaryl/α,β-unsaturated/α-hetero) is 1. The Morgan fingerprint density at radius 2 is 1.79 bits per heavy atom. The summed E-state index contributed by atoms with van der Waals surface area (Å²) >= 11 is 0. The van der Waals surface area contributed by atoms with Crippen LogP contribution >= 0.6 is 0 Å². The number of likely N-dealkylation sites (tertiary alicyclic amines) is 1. The van der Waals surface area contributed by atoms with Crippen LogP contribution in [0.3, 0.4) is 0 Å². The van der Waals surface area contributed by atoms with Crippen LogP contribution in [0.25, 0.3) is 5.76 Å². The topological polar surface area (TPSA) is 110 Å². The summed E-state index contributed by atoms with van der Waals surface area (Å²) in [5.74, 6) is -1.72. The Bertz CT molecular complexity index is 1090. The lowest BCUT2D eigenvalue weighted by Gasteiger charge is -2.26. The van der Waals surface area contributed by atoms with Crippen molar-refractivity contribution < 1.29 is 24.4 Å². The van der Waals surface area contributed by atoms with E-state index in [4.69, 9.17) is 4.74 Å². The summed E-state index contributed by atoms with van der Waals surface area (Å²) in [6.07, 6.45) is -0.0459. The maximum absolute atomic E-state index is 13.0. The summed E-state index contributed by atoms with van der Waals surface area (Å²) in [6, 6.07) is 12.1. The van der Waals surface area contributed by atoms with Crippen LogP contribution in [0.15, 0.2) is 54.1 Å². The first-order valence-electron chi connectivity index (χ1n) is 10.9. The molecule has 0 radical (unpaired) electrons. The van der Waals surface area contributed by atoms with Crippen LogP contribution in [-0.4, -0.2) is 45.9 Å². The molecule has 1 saturated heterocycles. The third-order valence-corrected chi connectivity index (χ3v) is 5.57. The van der Waals surface area contributed by atoms with E-state index in [1.54, 1.807) is 0 Å². The van der Waals surface area contributed by atoms with E-state index in [1.807, 2.05) is 38.1 Å².